The minimum Gasteiger partial charge on any atom is -0.468 e. The number of nitrogens with one attached hydrogen (secondary N) is 1. The standard InChI is InChI=1S/C18H23N3O3/c1-24-17(23)13-21(11-15-7-3-2-4-8-15)12-16(22)20-18(14-19)9-5-6-10-18/h2-4,7-8H,5-6,9-13H2,1H3,(H,20,22). The number of ether oxygens (including phenoxy) is 1. The Morgan fingerprint density at radius 1 is 1.25 bits per heavy atom. The van der Waals surface area contributed by atoms with Crippen LogP contribution in [0.15, 0.2) is 30.3 Å². The summed E-state index contributed by atoms with van der Waals surface area (Å²) in [7, 11) is 1.33. The van der Waals surface area contributed by atoms with Crippen molar-refractivity contribution in [2.24, 2.45) is 0 Å². The molecule has 1 saturated carbocycles. The van der Waals surface area contributed by atoms with Gasteiger partial charge in [-0.1, -0.05) is 30.3 Å². The van der Waals surface area contributed by atoms with Gasteiger partial charge in [0, 0.05) is 6.54 Å². The van der Waals surface area contributed by atoms with Gasteiger partial charge in [-0.3, -0.25) is 14.5 Å². The first-order valence-electron chi connectivity index (χ1n) is 8.12. The van der Waals surface area contributed by atoms with Gasteiger partial charge < -0.3 is 10.1 Å². The van der Waals surface area contributed by atoms with E-state index in [1.54, 1.807) is 4.90 Å². The van der Waals surface area contributed by atoms with Crippen LogP contribution in [-0.2, 0) is 20.9 Å². The third-order valence-electron chi connectivity index (χ3n) is 4.25. The minimum absolute atomic E-state index is 0.0262. The van der Waals surface area contributed by atoms with E-state index in [0.29, 0.717) is 19.4 Å². The zero-order valence-corrected chi connectivity index (χ0v) is 14.0. The monoisotopic (exact) mass is 329 g/mol. The normalized spacial score (nSPS) is 15.7. The van der Waals surface area contributed by atoms with Crippen molar-refractivity contribution >= 4 is 11.9 Å². The number of nitriles is 1. The summed E-state index contributed by atoms with van der Waals surface area (Å²) < 4.78 is 4.71. The van der Waals surface area contributed by atoms with E-state index in [0.717, 1.165) is 18.4 Å². The number of methoxy groups -OCH3 is 1. The Morgan fingerprint density at radius 3 is 2.50 bits per heavy atom. The van der Waals surface area contributed by atoms with Gasteiger partial charge in [0.05, 0.1) is 26.3 Å². The molecule has 24 heavy (non-hydrogen) atoms. The molecule has 0 aromatic heterocycles. The molecule has 6 heteroatoms. The summed E-state index contributed by atoms with van der Waals surface area (Å²) in [5, 5.41) is 12.2. The summed E-state index contributed by atoms with van der Waals surface area (Å²) in [6.07, 6.45) is 3.27. The number of carbonyl (C=O) groups is 2. The van der Waals surface area contributed by atoms with E-state index >= 15 is 0 Å². The fourth-order valence-corrected chi connectivity index (χ4v) is 3.01. The first-order valence-corrected chi connectivity index (χ1v) is 8.12. The molecule has 1 amide bonds. The van der Waals surface area contributed by atoms with Crippen LogP contribution in [0.2, 0.25) is 0 Å². The van der Waals surface area contributed by atoms with Crippen LogP contribution in [0, 0.1) is 11.3 Å². The molecule has 0 spiro atoms. The molecule has 2 rings (SSSR count). The summed E-state index contributed by atoms with van der Waals surface area (Å²) in [5.74, 6) is -0.632. The Hall–Kier alpha value is -2.39. The number of hydrogen-bond donors (Lipinski definition) is 1. The Morgan fingerprint density at radius 2 is 1.92 bits per heavy atom. The lowest BCUT2D eigenvalue weighted by Gasteiger charge is -2.25. The van der Waals surface area contributed by atoms with Crippen LogP contribution in [0.1, 0.15) is 31.2 Å². The van der Waals surface area contributed by atoms with Crippen LogP contribution in [-0.4, -0.2) is 42.5 Å². The molecule has 0 saturated heterocycles. The average Bonchev–Trinajstić information content (AvgIpc) is 3.04. The van der Waals surface area contributed by atoms with E-state index in [-0.39, 0.29) is 19.0 Å². The van der Waals surface area contributed by atoms with Gasteiger partial charge in [-0.2, -0.15) is 5.26 Å². The third kappa shape index (κ3) is 5.07. The maximum Gasteiger partial charge on any atom is 0.319 e. The Labute approximate surface area is 142 Å². The Bertz CT molecular complexity index is 604. The van der Waals surface area contributed by atoms with Gasteiger partial charge >= 0.3 is 5.97 Å². The summed E-state index contributed by atoms with van der Waals surface area (Å²) in [5.41, 5.74) is 0.255. The number of carbonyl (C=O) groups excluding carboxylic acids is 2. The molecule has 0 radical (unpaired) electrons. The van der Waals surface area contributed by atoms with Crippen molar-refractivity contribution in [3.05, 3.63) is 35.9 Å². The summed E-state index contributed by atoms with van der Waals surface area (Å²) >= 11 is 0. The number of benzene rings is 1. The topological polar surface area (TPSA) is 82.4 Å². The van der Waals surface area contributed by atoms with Gasteiger partial charge in [0.1, 0.15) is 5.54 Å². The quantitative estimate of drug-likeness (QED) is 0.769. The summed E-state index contributed by atoms with van der Waals surface area (Å²) in [4.78, 5) is 25.7. The van der Waals surface area contributed by atoms with Crippen molar-refractivity contribution in [1.82, 2.24) is 10.2 Å². The lowest BCUT2D eigenvalue weighted by molar-refractivity contribution is -0.142. The number of amides is 1. The van der Waals surface area contributed by atoms with Gasteiger partial charge in [0.2, 0.25) is 5.91 Å². The molecule has 1 aromatic carbocycles. The first kappa shape index (κ1) is 18.0. The smallest absolute Gasteiger partial charge is 0.319 e. The molecule has 0 aliphatic heterocycles. The van der Waals surface area contributed by atoms with Crippen molar-refractivity contribution in [2.45, 2.75) is 37.8 Å². The third-order valence-corrected chi connectivity index (χ3v) is 4.25. The van der Waals surface area contributed by atoms with Gasteiger partial charge in [0.25, 0.3) is 0 Å². The molecule has 1 N–H and O–H groups in total. The summed E-state index contributed by atoms with van der Waals surface area (Å²) in [6.45, 7) is 0.536. The molecule has 6 nitrogen and oxygen atoms in total. The molecule has 1 aliphatic rings. The zero-order chi connectivity index (χ0) is 17.4. The maximum absolute atomic E-state index is 12.4. The molecule has 1 fully saturated rings. The van der Waals surface area contributed by atoms with E-state index in [1.165, 1.54) is 7.11 Å². The predicted octanol–water partition coefficient (Wildman–Crippen LogP) is 1.61. The highest BCUT2D eigenvalue weighted by Gasteiger charge is 2.35. The van der Waals surface area contributed by atoms with Crippen molar-refractivity contribution in [2.75, 3.05) is 20.2 Å². The van der Waals surface area contributed by atoms with E-state index < -0.39 is 11.5 Å². The minimum atomic E-state index is -0.749. The molecule has 0 unspecified atom stereocenters. The van der Waals surface area contributed by atoms with Crippen LogP contribution in [0.4, 0.5) is 0 Å². The maximum atomic E-state index is 12.4. The number of nitrogens with zero attached hydrogens (tertiary/aromatic N) is 2. The second-order valence-electron chi connectivity index (χ2n) is 6.16. The van der Waals surface area contributed by atoms with Crippen molar-refractivity contribution in [1.29, 1.82) is 5.26 Å². The van der Waals surface area contributed by atoms with Crippen molar-refractivity contribution < 1.29 is 14.3 Å². The number of rotatable bonds is 7. The SMILES string of the molecule is COC(=O)CN(CC(=O)NC1(C#N)CCCC1)Cc1ccccc1. The Kier molecular flexibility index (Phi) is 6.33. The zero-order valence-electron chi connectivity index (χ0n) is 14.0. The highest BCUT2D eigenvalue weighted by molar-refractivity contribution is 5.80. The van der Waals surface area contributed by atoms with Crippen molar-refractivity contribution in [3.8, 4) is 6.07 Å². The number of esters is 1. The molecule has 1 aromatic rings. The predicted molar refractivity (Wildman–Crippen MR) is 88.7 cm³/mol. The molecule has 0 atom stereocenters. The Balaban J connectivity index is 2.00. The van der Waals surface area contributed by atoms with E-state index in [2.05, 4.69) is 11.4 Å². The second kappa shape index (κ2) is 8.46. The molecule has 128 valence electrons. The fourth-order valence-electron chi connectivity index (χ4n) is 3.01. The molecular formula is C18H23N3O3. The first-order chi connectivity index (χ1) is 11.6. The second-order valence-corrected chi connectivity index (χ2v) is 6.16. The van der Waals surface area contributed by atoms with Crippen LogP contribution < -0.4 is 5.32 Å². The van der Waals surface area contributed by atoms with Gasteiger partial charge in [0.15, 0.2) is 0 Å². The fraction of sp³-hybridized carbons (Fsp3) is 0.500. The van der Waals surface area contributed by atoms with Crippen LogP contribution in [0.5, 0.6) is 0 Å². The van der Waals surface area contributed by atoms with Crippen LogP contribution >= 0.6 is 0 Å². The average molecular weight is 329 g/mol. The highest BCUT2D eigenvalue weighted by atomic mass is 16.5. The number of hydrogen-bond acceptors (Lipinski definition) is 5. The summed E-state index contributed by atoms with van der Waals surface area (Å²) in [6, 6.07) is 11.9. The largest absolute Gasteiger partial charge is 0.468 e. The van der Waals surface area contributed by atoms with Gasteiger partial charge in [-0.15, -0.1) is 0 Å². The van der Waals surface area contributed by atoms with E-state index in [4.69, 9.17) is 4.74 Å². The van der Waals surface area contributed by atoms with Crippen molar-refractivity contribution in [3.63, 3.8) is 0 Å². The van der Waals surface area contributed by atoms with Gasteiger partial charge in [-0.05, 0) is 31.2 Å². The van der Waals surface area contributed by atoms with Crippen LogP contribution in [0.25, 0.3) is 0 Å². The molecular weight excluding hydrogens is 306 g/mol. The van der Waals surface area contributed by atoms with E-state index in [9.17, 15) is 14.9 Å². The van der Waals surface area contributed by atoms with E-state index in [1.807, 2.05) is 30.3 Å². The molecule has 0 bridgehead atoms. The molecule has 1 aliphatic carbocycles. The lowest BCUT2D eigenvalue weighted by atomic mass is 10.00. The molecule has 0 heterocycles. The lowest BCUT2D eigenvalue weighted by Crippen LogP contribution is -2.49. The van der Waals surface area contributed by atoms with Gasteiger partial charge in [-0.25, -0.2) is 0 Å². The highest BCUT2D eigenvalue weighted by Crippen LogP contribution is 2.28. The van der Waals surface area contributed by atoms with Crippen LogP contribution in [0.3, 0.4) is 0 Å².